The summed E-state index contributed by atoms with van der Waals surface area (Å²) < 4.78 is 32.1. The van der Waals surface area contributed by atoms with E-state index in [-0.39, 0.29) is 6.04 Å². The van der Waals surface area contributed by atoms with Crippen LogP contribution in [0.1, 0.15) is 24.9 Å². The molecule has 1 fully saturated rings. The van der Waals surface area contributed by atoms with Gasteiger partial charge in [0.2, 0.25) is 10.0 Å². The molecule has 1 aliphatic heterocycles. The Kier molecular flexibility index (Phi) is 5.15. The molecule has 0 spiro atoms. The molecule has 0 radical (unpaired) electrons. The number of ether oxygens (including phenoxy) is 1. The minimum atomic E-state index is -3.42. The number of nitrogens with one attached hydrogen (secondary N) is 1. The van der Waals surface area contributed by atoms with Gasteiger partial charge in [0, 0.05) is 25.7 Å². The number of hydrogen-bond donors (Lipinski definition) is 1. The van der Waals surface area contributed by atoms with E-state index >= 15 is 0 Å². The number of rotatable bonds is 4. The summed E-state index contributed by atoms with van der Waals surface area (Å²) in [5.74, 6) is 0. The minimum Gasteiger partial charge on any atom is -0.380 e. The van der Waals surface area contributed by atoms with Crippen LogP contribution in [0.5, 0.6) is 0 Å². The van der Waals surface area contributed by atoms with Crippen LogP contribution in [0.15, 0.2) is 29.2 Å². The monoisotopic (exact) mass is 298 g/mol. The summed E-state index contributed by atoms with van der Waals surface area (Å²) in [6.45, 7) is 4.04. The van der Waals surface area contributed by atoms with E-state index in [1.165, 1.54) is 4.31 Å². The molecule has 1 saturated heterocycles. The number of nitrogens with zero attached hydrogens (tertiary/aromatic N) is 1. The minimum absolute atomic E-state index is 0.123. The van der Waals surface area contributed by atoms with E-state index in [4.69, 9.17) is 4.74 Å². The summed E-state index contributed by atoms with van der Waals surface area (Å²) in [4.78, 5) is 0.360. The molecule has 2 rings (SSSR count). The molecule has 112 valence electrons. The van der Waals surface area contributed by atoms with Crippen molar-refractivity contribution in [2.75, 3.05) is 33.4 Å². The predicted molar refractivity (Wildman–Crippen MR) is 78.1 cm³/mol. The molecule has 0 saturated carbocycles. The first-order chi connectivity index (χ1) is 9.55. The van der Waals surface area contributed by atoms with E-state index in [1.807, 2.05) is 20.0 Å². The molecule has 1 aromatic rings. The molecule has 20 heavy (non-hydrogen) atoms. The Bertz CT molecular complexity index is 537. The molecule has 1 aromatic carbocycles. The van der Waals surface area contributed by atoms with Crippen molar-refractivity contribution >= 4 is 10.0 Å². The maximum atomic E-state index is 12.7. The average Bonchev–Trinajstić information content (AvgIpc) is 2.76. The Hall–Kier alpha value is -0.950. The fourth-order valence-corrected chi connectivity index (χ4v) is 3.74. The van der Waals surface area contributed by atoms with E-state index in [0.717, 1.165) is 12.0 Å². The zero-order valence-corrected chi connectivity index (χ0v) is 12.8. The number of benzene rings is 1. The summed E-state index contributed by atoms with van der Waals surface area (Å²) in [6, 6.07) is 7.27. The topological polar surface area (TPSA) is 58.6 Å². The first-order valence-corrected chi connectivity index (χ1v) is 8.35. The van der Waals surface area contributed by atoms with Crippen LogP contribution in [0.25, 0.3) is 0 Å². The largest absolute Gasteiger partial charge is 0.380 e. The highest BCUT2D eigenvalue weighted by atomic mass is 32.2. The van der Waals surface area contributed by atoms with E-state index < -0.39 is 10.0 Å². The first-order valence-electron chi connectivity index (χ1n) is 6.91. The van der Waals surface area contributed by atoms with E-state index in [2.05, 4.69) is 5.32 Å². The molecule has 1 N–H and O–H groups in total. The van der Waals surface area contributed by atoms with Gasteiger partial charge < -0.3 is 10.1 Å². The van der Waals surface area contributed by atoms with Crippen molar-refractivity contribution in [1.29, 1.82) is 0 Å². The Morgan fingerprint density at radius 3 is 2.85 bits per heavy atom. The lowest BCUT2D eigenvalue weighted by molar-refractivity contribution is 0.148. The fourth-order valence-electron chi connectivity index (χ4n) is 2.22. The molecule has 1 aliphatic rings. The third kappa shape index (κ3) is 3.38. The summed E-state index contributed by atoms with van der Waals surface area (Å²) in [5, 5.41) is 3.12. The summed E-state index contributed by atoms with van der Waals surface area (Å²) in [7, 11) is -1.56. The molecule has 6 heteroatoms. The summed E-state index contributed by atoms with van der Waals surface area (Å²) in [5.41, 5.74) is 0.972. The van der Waals surface area contributed by atoms with Gasteiger partial charge in [0.25, 0.3) is 0 Å². The Morgan fingerprint density at radius 1 is 1.30 bits per heavy atom. The van der Waals surface area contributed by atoms with Crippen LogP contribution in [0.3, 0.4) is 0 Å². The smallest absolute Gasteiger partial charge is 0.243 e. The highest BCUT2D eigenvalue weighted by molar-refractivity contribution is 7.89. The van der Waals surface area contributed by atoms with Crippen molar-refractivity contribution in [2.24, 2.45) is 0 Å². The van der Waals surface area contributed by atoms with Crippen LogP contribution in [0.4, 0.5) is 0 Å². The van der Waals surface area contributed by atoms with Gasteiger partial charge in [-0.2, -0.15) is 4.31 Å². The molecule has 0 aromatic heterocycles. The van der Waals surface area contributed by atoms with Crippen molar-refractivity contribution < 1.29 is 13.2 Å². The van der Waals surface area contributed by atoms with Gasteiger partial charge in [0.15, 0.2) is 0 Å². The predicted octanol–water partition coefficient (Wildman–Crippen LogP) is 1.38. The van der Waals surface area contributed by atoms with Gasteiger partial charge in [-0.25, -0.2) is 8.42 Å². The van der Waals surface area contributed by atoms with Gasteiger partial charge in [-0.3, -0.25) is 0 Å². The van der Waals surface area contributed by atoms with Gasteiger partial charge >= 0.3 is 0 Å². The first kappa shape index (κ1) is 15.4. The lowest BCUT2D eigenvalue weighted by Crippen LogP contribution is -2.33. The highest BCUT2D eigenvalue weighted by Gasteiger charge is 2.25. The summed E-state index contributed by atoms with van der Waals surface area (Å²) >= 11 is 0. The third-order valence-corrected chi connectivity index (χ3v) is 5.50. The van der Waals surface area contributed by atoms with E-state index in [9.17, 15) is 8.42 Å². The zero-order chi connectivity index (χ0) is 14.6. The second-order valence-corrected chi connectivity index (χ2v) is 6.89. The molecular weight excluding hydrogens is 276 g/mol. The molecule has 0 bridgehead atoms. The van der Waals surface area contributed by atoms with Gasteiger partial charge in [-0.05, 0) is 38.1 Å². The van der Waals surface area contributed by atoms with Gasteiger partial charge in [-0.1, -0.05) is 12.1 Å². The van der Waals surface area contributed by atoms with Crippen molar-refractivity contribution in [2.45, 2.75) is 24.3 Å². The normalized spacial score (nSPS) is 19.5. The Balaban J connectivity index is 2.28. The van der Waals surface area contributed by atoms with Crippen LogP contribution >= 0.6 is 0 Å². The van der Waals surface area contributed by atoms with Crippen LogP contribution in [-0.4, -0.2) is 46.1 Å². The van der Waals surface area contributed by atoms with Crippen molar-refractivity contribution in [3.05, 3.63) is 29.8 Å². The second kappa shape index (κ2) is 6.67. The summed E-state index contributed by atoms with van der Waals surface area (Å²) in [6.07, 6.45) is 0.742. The van der Waals surface area contributed by atoms with E-state index in [0.29, 0.717) is 31.2 Å². The van der Waals surface area contributed by atoms with Gasteiger partial charge in [-0.15, -0.1) is 0 Å². The third-order valence-electron chi connectivity index (χ3n) is 3.61. The number of hydrogen-bond acceptors (Lipinski definition) is 4. The van der Waals surface area contributed by atoms with Crippen LogP contribution < -0.4 is 5.32 Å². The molecule has 1 heterocycles. The van der Waals surface area contributed by atoms with Crippen LogP contribution in [0.2, 0.25) is 0 Å². The number of sulfonamides is 1. The van der Waals surface area contributed by atoms with Crippen LogP contribution in [-0.2, 0) is 14.8 Å². The maximum absolute atomic E-state index is 12.7. The fraction of sp³-hybridized carbons (Fsp3) is 0.571. The molecule has 1 atom stereocenters. The standard InChI is InChI=1S/C14H22N2O3S/c1-12(15-2)13-5-3-6-14(11-13)20(17,18)16-7-4-9-19-10-8-16/h3,5-6,11-12,15H,4,7-10H2,1-2H3. The second-order valence-electron chi connectivity index (χ2n) is 4.95. The molecular formula is C14H22N2O3S. The molecule has 0 amide bonds. The Labute approximate surface area is 121 Å². The molecule has 5 nitrogen and oxygen atoms in total. The average molecular weight is 298 g/mol. The van der Waals surface area contributed by atoms with Crippen LogP contribution in [0, 0.1) is 0 Å². The van der Waals surface area contributed by atoms with E-state index in [1.54, 1.807) is 18.2 Å². The quantitative estimate of drug-likeness (QED) is 0.912. The lowest BCUT2D eigenvalue weighted by Gasteiger charge is -2.20. The molecule has 0 aliphatic carbocycles. The van der Waals surface area contributed by atoms with Crippen molar-refractivity contribution in [3.8, 4) is 0 Å². The van der Waals surface area contributed by atoms with Gasteiger partial charge in [0.1, 0.15) is 0 Å². The zero-order valence-electron chi connectivity index (χ0n) is 12.0. The lowest BCUT2D eigenvalue weighted by atomic mass is 10.1. The van der Waals surface area contributed by atoms with Crippen molar-refractivity contribution in [1.82, 2.24) is 9.62 Å². The SMILES string of the molecule is CNC(C)c1cccc(S(=O)(=O)N2CCCOCC2)c1. The molecule has 1 unspecified atom stereocenters. The Morgan fingerprint density at radius 2 is 2.10 bits per heavy atom. The highest BCUT2D eigenvalue weighted by Crippen LogP contribution is 2.21. The maximum Gasteiger partial charge on any atom is 0.243 e. The van der Waals surface area contributed by atoms with Gasteiger partial charge in [0.05, 0.1) is 11.5 Å². The van der Waals surface area contributed by atoms with Crippen molar-refractivity contribution in [3.63, 3.8) is 0 Å².